The predicted molar refractivity (Wildman–Crippen MR) is 70.8 cm³/mol. The van der Waals surface area contributed by atoms with Crippen LogP contribution in [0.3, 0.4) is 0 Å². The molecular formula is C11H6F3IN2O3. The van der Waals surface area contributed by atoms with Crippen LogP contribution < -0.4 is 15.0 Å². The average Bonchev–Trinajstić information content (AvgIpc) is 2.35. The molecule has 0 bridgehead atoms. The highest BCUT2D eigenvalue weighted by Gasteiger charge is 2.32. The van der Waals surface area contributed by atoms with E-state index in [9.17, 15) is 18.0 Å². The maximum atomic E-state index is 12.3. The molecule has 2 aromatic rings. The summed E-state index contributed by atoms with van der Waals surface area (Å²) in [4.78, 5) is 17.4. The van der Waals surface area contributed by atoms with E-state index in [0.29, 0.717) is 0 Å². The van der Waals surface area contributed by atoms with E-state index in [1.807, 2.05) is 0 Å². The predicted octanol–water partition coefficient (Wildman–Crippen LogP) is 3.07. The molecule has 1 aromatic carbocycles. The van der Waals surface area contributed by atoms with Crippen LogP contribution >= 0.6 is 22.6 Å². The summed E-state index contributed by atoms with van der Waals surface area (Å²) in [7, 11) is 0. The molecule has 1 aromatic heterocycles. The van der Waals surface area contributed by atoms with Crippen LogP contribution in [0.4, 0.5) is 13.2 Å². The Morgan fingerprint density at radius 1 is 1.20 bits per heavy atom. The van der Waals surface area contributed by atoms with Crippen molar-refractivity contribution in [3.05, 3.63) is 44.5 Å². The van der Waals surface area contributed by atoms with Gasteiger partial charge in [0.1, 0.15) is 3.57 Å². The number of alkyl halides is 3. The largest absolute Gasteiger partial charge is 0.573 e. The van der Waals surface area contributed by atoms with Crippen molar-refractivity contribution in [2.24, 2.45) is 0 Å². The highest BCUT2D eigenvalue weighted by atomic mass is 127. The molecule has 20 heavy (non-hydrogen) atoms. The van der Waals surface area contributed by atoms with E-state index in [1.54, 1.807) is 22.6 Å². The van der Waals surface area contributed by atoms with Crippen LogP contribution in [-0.4, -0.2) is 16.3 Å². The van der Waals surface area contributed by atoms with Gasteiger partial charge in [-0.05, 0) is 34.7 Å². The first-order valence-corrected chi connectivity index (χ1v) is 6.20. The third-order valence-electron chi connectivity index (χ3n) is 2.05. The number of benzene rings is 1. The molecule has 0 unspecified atom stereocenters. The van der Waals surface area contributed by atoms with E-state index in [4.69, 9.17) is 4.74 Å². The summed E-state index contributed by atoms with van der Waals surface area (Å²) in [6, 6.07) is 5.21. The molecule has 0 aliphatic carbocycles. The van der Waals surface area contributed by atoms with Crippen LogP contribution in [0.5, 0.6) is 17.4 Å². The molecule has 0 amide bonds. The van der Waals surface area contributed by atoms with Crippen LogP contribution in [-0.2, 0) is 0 Å². The number of nitrogens with one attached hydrogen (secondary N) is 1. The SMILES string of the molecule is O=c1[nH]cnc(Oc2ccccc2OC(F)(F)F)c1I. The monoisotopic (exact) mass is 398 g/mol. The molecule has 0 fully saturated rings. The first-order chi connectivity index (χ1) is 9.37. The molecule has 1 heterocycles. The minimum absolute atomic E-state index is 0.104. The molecular weight excluding hydrogens is 392 g/mol. The fourth-order valence-electron chi connectivity index (χ4n) is 1.29. The topological polar surface area (TPSA) is 64.2 Å². The van der Waals surface area contributed by atoms with Crippen molar-refractivity contribution in [2.75, 3.05) is 0 Å². The smallest absolute Gasteiger partial charge is 0.434 e. The number of H-pyrrole nitrogens is 1. The summed E-state index contributed by atoms with van der Waals surface area (Å²) in [6.07, 6.45) is -3.75. The summed E-state index contributed by atoms with van der Waals surface area (Å²) < 4.78 is 45.9. The first-order valence-electron chi connectivity index (χ1n) is 5.12. The van der Waals surface area contributed by atoms with Crippen molar-refractivity contribution in [3.8, 4) is 17.4 Å². The quantitative estimate of drug-likeness (QED) is 0.808. The second-order valence-corrected chi connectivity index (χ2v) is 4.53. The zero-order chi connectivity index (χ0) is 14.8. The minimum atomic E-state index is -4.84. The Hall–Kier alpha value is -1.78. The molecule has 0 spiro atoms. The zero-order valence-corrected chi connectivity index (χ0v) is 11.7. The van der Waals surface area contributed by atoms with Gasteiger partial charge in [-0.3, -0.25) is 4.79 Å². The average molecular weight is 398 g/mol. The van der Waals surface area contributed by atoms with E-state index < -0.39 is 17.7 Å². The molecule has 5 nitrogen and oxygen atoms in total. The van der Waals surface area contributed by atoms with Crippen molar-refractivity contribution in [1.29, 1.82) is 0 Å². The van der Waals surface area contributed by atoms with Crippen LogP contribution in [0.15, 0.2) is 35.4 Å². The second-order valence-electron chi connectivity index (χ2n) is 3.45. The zero-order valence-electron chi connectivity index (χ0n) is 9.57. The number of hydrogen-bond acceptors (Lipinski definition) is 4. The van der Waals surface area contributed by atoms with Crippen LogP contribution in [0.1, 0.15) is 0 Å². The Kier molecular flexibility index (Phi) is 4.16. The Morgan fingerprint density at radius 3 is 2.50 bits per heavy atom. The van der Waals surface area contributed by atoms with E-state index in [0.717, 1.165) is 12.4 Å². The van der Waals surface area contributed by atoms with Crippen molar-refractivity contribution in [2.45, 2.75) is 6.36 Å². The Labute approximate surface area is 123 Å². The first kappa shape index (κ1) is 14.6. The van der Waals surface area contributed by atoms with Crippen LogP contribution in [0, 0.1) is 3.57 Å². The van der Waals surface area contributed by atoms with Gasteiger partial charge >= 0.3 is 6.36 Å². The van der Waals surface area contributed by atoms with Gasteiger partial charge in [0.25, 0.3) is 5.56 Å². The molecule has 1 N–H and O–H groups in total. The van der Waals surface area contributed by atoms with Gasteiger partial charge in [0, 0.05) is 0 Å². The van der Waals surface area contributed by atoms with Gasteiger partial charge in [-0.2, -0.15) is 0 Å². The number of halogens is 4. The van der Waals surface area contributed by atoms with Gasteiger partial charge in [0.2, 0.25) is 5.88 Å². The number of para-hydroxylation sites is 2. The number of aromatic amines is 1. The van der Waals surface area contributed by atoms with E-state index in [-0.39, 0.29) is 15.2 Å². The van der Waals surface area contributed by atoms with Gasteiger partial charge in [-0.15, -0.1) is 13.2 Å². The number of ether oxygens (including phenoxy) is 2. The van der Waals surface area contributed by atoms with E-state index in [2.05, 4.69) is 14.7 Å². The lowest BCUT2D eigenvalue weighted by molar-refractivity contribution is -0.275. The summed E-state index contributed by atoms with van der Waals surface area (Å²) in [6.45, 7) is 0. The number of hydrogen-bond donors (Lipinski definition) is 1. The molecule has 9 heteroatoms. The third kappa shape index (κ3) is 3.62. The normalized spacial score (nSPS) is 11.2. The standard InChI is InChI=1S/C11H6F3IN2O3/c12-11(13,14)20-7-4-2-1-3-6(7)19-10-8(15)9(18)16-5-17-10/h1-5H,(H,16,17,18). The summed E-state index contributed by atoms with van der Waals surface area (Å²) in [5.74, 6) is -0.814. The Balaban J connectivity index is 2.34. The van der Waals surface area contributed by atoms with E-state index in [1.165, 1.54) is 18.2 Å². The third-order valence-corrected chi connectivity index (χ3v) is 3.00. The second kappa shape index (κ2) is 5.69. The van der Waals surface area contributed by atoms with Crippen LogP contribution in [0.2, 0.25) is 0 Å². The van der Waals surface area contributed by atoms with Gasteiger partial charge in [0.15, 0.2) is 11.5 Å². The summed E-state index contributed by atoms with van der Waals surface area (Å²) in [5.41, 5.74) is -0.454. The number of nitrogens with zero attached hydrogens (tertiary/aromatic N) is 1. The lowest BCUT2D eigenvalue weighted by Crippen LogP contribution is -2.17. The van der Waals surface area contributed by atoms with Crippen LogP contribution in [0.25, 0.3) is 0 Å². The minimum Gasteiger partial charge on any atom is -0.434 e. The molecule has 0 aliphatic rings. The maximum Gasteiger partial charge on any atom is 0.573 e. The highest BCUT2D eigenvalue weighted by molar-refractivity contribution is 14.1. The van der Waals surface area contributed by atoms with Gasteiger partial charge in [-0.25, -0.2) is 4.98 Å². The molecule has 0 saturated heterocycles. The van der Waals surface area contributed by atoms with Crippen molar-refractivity contribution >= 4 is 22.6 Å². The fraction of sp³-hybridized carbons (Fsp3) is 0.0909. The van der Waals surface area contributed by atoms with Crippen molar-refractivity contribution in [1.82, 2.24) is 9.97 Å². The molecule has 0 atom stereocenters. The number of rotatable bonds is 3. The van der Waals surface area contributed by atoms with Gasteiger partial charge in [-0.1, -0.05) is 12.1 Å². The fourth-order valence-corrected chi connectivity index (χ4v) is 1.69. The molecule has 106 valence electrons. The lowest BCUT2D eigenvalue weighted by atomic mass is 10.3. The molecule has 0 radical (unpaired) electrons. The van der Waals surface area contributed by atoms with Gasteiger partial charge in [0.05, 0.1) is 6.33 Å². The lowest BCUT2D eigenvalue weighted by Gasteiger charge is -2.13. The van der Waals surface area contributed by atoms with E-state index >= 15 is 0 Å². The van der Waals surface area contributed by atoms with Crippen molar-refractivity contribution < 1.29 is 22.6 Å². The van der Waals surface area contributed by atoms with Crippen molar-refractivity contribution in [3.63, 3.8) is 0 Å². The number of aromatic nitrogens is 2. The molecule has 0 saturated carbocycles. The molecule has 0 aliphatic heterocycles. The summed E-state index contributed by atoms with van der Waals surface area (Å²) in [5, 5.41) is 0. The Morgan fingerprint density at radius 2 is 1.85 bits per heavy atom. The van der Waals surface area contributed by atoms with Gasteiger partial charge < -0.3 is 14.5 Å². The Bertz CT molecular complexity index is 672. The maximum absolute atomic E-state index is 12.3. The highest BCUT2D eigenvalue weighted by Crippen LogP contribution is 2.34. The molecule has 2 rings (SSSR count). The summed E-state index contributed by atoms with van der Waals surface area (Å²) >= 11 is 1.68.